The molecule has 2 rings (SSSR count). The van der Waals surface area contributed by atoms with Gasteiger partial charge in [-0.3, -0.25) is 0 Å². The highest BCUT2D eigenvalue weighted by molar-refractivity contribution is 5.29. The van der Waals surface area contributed by atoms with E-state index in [1.807, 2.05) is 18.2 Å². The van der Waals surface area contributed by atoms with Crippen LogP contribution in [0.5, 0.6) is 5.75 Å². The van der Waals surface area contributed by atoms with Gasteiger partial charge in [0.25, 0.3) is 0 Å². The summed E-state index contributed by atoms with van der Waals surface area (Å²) < 4.78 is 7.66. The summed E-state index contributed by atoms with van der Waals surface area (Å²) in [5.41, 5.74) is 2.34. The van der Waals surface area contributed by atoms with Gasteiger partial charge in [-0.25, -0.2) is 4.68 Å². The van der Waals surface area contributed by atoms with Gasteiger partial charge in [0.1, 0.15) is 24.1 Å². The number of nitrogens with zero attached hydrogens (tertiary/aromatic N) is 4. The standard InChI is InChI=1S/C18H24N4O/c1-3-5-6-7-11-22-18(17(13-19)20-21-22)14-23-16-10-8-9-15(4-2)12-16/h8-10,12H,3-7,11,14H2,1-2H3. The molecule has 0 amide bonds. The minimum Gasteiger partial charge on any atom is -0.487 e. The van der Waals surface area contributed by atoms with Crippen molar-refractivity contribution < 1.29 is 4.74 Å². The van der Waals surface area contributed by atoms with Crippen molar-refractivity contribution in [1.82, 2.24) is 15.0 Å². The molecule has 2 aromatic rings. The minimum atomic E-state index is 0.316. The van der Waals surface area contributed by atoms with E-state index in [9.17, 15) is 5.26 Å². The van der Waals surface area contributed by atoms with Crippen LogP contribution in [0.3, 0.4) is 0 Å². The van der Waals surface area contributed by atoms with E-state index >= 15 is 0 Å². The number of ether oxygens (including phenoxy) is 1. The average Bonchev–Trinajstić information content (AvgIpc) is 2.99. The first-order chi connectivity index (χ1) is 11.3. The lowest BCUT2D eigenvalue weighted by molar-refractivity contribution is 0.290. The van der Waals surface area contributed by atoms with E-state index < -0.39 is 0 Å². The number of hydrogen-bond acceptors (Lipinski definition) is 4. The third kappa shape index (κ3) is 4.82. The molecule has 0 atom stereocenters. The smallest absolute Gasteiger partial charge is 0.189 e. The Kier molecular flexibility index (Phi) is 6.61. The molecule has 0 unspecified atom stereocenters. The van der Waals surface area contributed by atoms with Gasteiger partial charge in [-0.15, -0.1) is 5.10 Å². The zero-order valence-corrected chi connectivity index (χ0v) is 14.0. The van der Waals surface area contributed by atoms with Crippen molar-refractivity contribution in [3.05, 3.63) is 41.2 Å². The van der Waals surface area contributed by atoms with Gasteiger partial charge in [-0.2, -0.15) is 5.26 Å². The monoisotopic (exact) mass is 312 g/mol. The third-order valence-electron chi connectivity index (χ3n) is 3.85. The predicted molar refractivity (Wildman–Crippen MR) is 89.0 cm³/mol. The Morgan fingerprint density at radius 3 is 2.83 bits per heavy atom. The second-order valence-electron chi connectivity index (χ2n) is 5.57. The van der Waals surface area contributed by atoms with Crippen LogP contribution in [0.15, 0.2) is 24.3 Å². The first kappa shape index (κ1) is 17.0. The van der Waals surface area contributed by atoms with Crippen LogP contribution in [0.25, 0.3) is 0 Å². The molecule has 0 saturated carbocycles. The van der Waals surface area contributed by atoms with Crippen LogP contribution in [-0.2, 0) is 19.6 Å². The Labute approximate surface area is 137 Å². The molecule has 5 heteroatoms. The first-order valence-corrected chi connectivity index (χ1v) is 8.32. The molecule has 1 heterocycles. The molecule has 0 radical (unpaired) electrons. The molecule has 1 aromatic heterocycles. The third-order valence-corrected chi connectivity index (χ3v) is 3.85. The van der Waals surface area contributed by atoms with Crippen LogP contribution in [0.2, 0.25) is 0 Å². The number of hydrogen-bond donors (Lipinski definition) is 0. The molecule has 0 saturated heterocycles. The number of aromatic nitrogens is 3. The van der Waals surface area contributed by atoms with Crippen LogP contribution in [-0.4, -0.2) is 15.0 Å². The summed E-state index contributed by atoms with van der Waals surface area (Å²) in [7, 11) is 0. The van der Waals surface area contributed by atoms with E-state index in [0.717, 1.165) is 37.3 Å². The lowest BCUT2D eigenvalue weighted by atomic mass is 10.2. The Morgan fingerprint density at radius 2 is 2.09 bits per heavy atom. The van der Waals surface area contributed by atoms with Gasteiger partial charge >= 0.3 is 0 Å². The fourth-order valence-electron chi connectivity index (χ4n) is 2.44. The van der Waals surface area contributed by atoms with E-state index in [2.05, 4.69) is 36.3 Å². The fourth-order valence-corrected chi connectivity index (χ4v) is 2.44. The maximum absolute atomic E-state index is 9.20. The summed E-state index contributed by atoms with van der Waals surface area (Å²) in [6.07, 6.45) is 5.59. The van der Waals surface area contributed by atoms with Gasteiger partial charge in [0.2, 0.25) is 0 Å². The second kappa shape index (κ2) is 8.94. The maximum Gasteiger partial charge on any atom is 0.189 e. The molecular weight excluding hydrogens is 288 g/mol. The van der Waals surface area contributed by atoms with Gasteiger partial charge in [0, 0.05) is 6.54 Å². The van der Waals surface area contributed by atoms with Crippen molar-refractivity contribution in [2.45, 2.75) is 59.1 Å². The Morgan fingerprint density at radius 1 is 1.22 bits per heavy atom. The molecular formula is C18H24N4O. The average molecular weight is 312 g/mol. The zero-order valence-electron chi connectivity index (χ0n) is 14.0. The Bertz CT molecular complexity index is 657. The first-order valence-electron chi connectivity index (χ1n) is 8.32. The fraction of sp³-hybridized carbons (Fsp3) is 0.500. The van der Waals surface area contributed by atoms with Crippen LogP contribution in [0.1, 0.15) is 56.5 Å². The van der Waals surface area contributed by atoms with Gasteiger partial charge in [-0.05, 0) is 30.5 Å². The summed E-state index contributed by atoms with van der Waals surface area (Å²) in [6, 6.07) is 10.1. The van der Waals surface area contributed by atoms with Gasteiger partial charge in [-0.1, -0.05) is 50.5 Å². The number of benzene rings is 1. The topological polar surface area (TPSA) is 63.7 Å². The Balaban J connectivity index is 2.02. The molecule has 23 heavy (non-hydrogen) atoms. The summed E-state index contributed by atoms with van der Waals surface area (Å²) in [5.74, 6) is 0.812. The van der Waals surface area contributed by atoms with Crippen molar-refractivity contribution in [3.8, 4) is 11.8 Å². The van der Waals surface area contributed by atoms with Crippen LogP contribution >= 0.6 is 0 Å². The number of nitriles is 1. The highest BCUT2D eigenvalue weighted by atomic mass is 16.5. The SMILES string of the molecule is CCCCCCn1nnc(C#N)c1COc1cccc(CC)c1. The molecule has 0 aliphatic rings. The van der Waals surface area contributed by atoms with Crippen LogP contribution in [0, 0.1) is 11.3 Å². The summed E-state index contributed by atoms with van der Waals surface area (Å²) in [4.78, 5) is 0. The van der Waals surface area contributed by atoms with Crippen LogP contribution < -0.4 is 4.74 Å². The highest BCUT2D eigenvalue weighted by Crippen LogP contribution is 2.16. The lowest BCUT2D eigenvalue weighted by Crippen LogP contribution is -2.09. The molecule has 5 nitrogen and oxygen atoms in total. The second-order valence-corrected chi connectivity index (χ2v) is 5.57. The normalized spacial score (nSPS) is 10.5. The van der Waals surface area contributed by atoms with Gasteiger partial charge in [0.05, 0.1) is 0 Å². The predicted octanol–water partition coefficient (Wildman–Crippen LogP) is 3.87. The summed E-state index contributed by atoms with van der Waals surface area (Å²) >= 11 is 0. The molecule has 0 bridgehead atoms. The molecule has 0 fully saturated rings. The minimum absolute atomic E-state index is 0.316. The summed E-state index contributed by atoms with van der Waals surface area (Å²) in [6.45, 7) is 5.40. The lowest BCUT2D eigenvalue weighted by Gasteiger charge is -2.09. The number of aryl methyl sites for hydroxylation is 2. The van der Waals surface area contributed by atoms with E-state index in [1.165, 1.54) is 18.4 Å². The van der Waals surface area contributed by atoms with Crippen molar-refractivity contribution >= 4 is 0 Å². The van der Waals surface area contributed by atoms with Crippen molar-refractivity contribution in [1.29, 1.82) is 5.26 Å². The summed E-state index contributed by atoms with van der Waals surface area (Å²) in [5, 5.41) is 17.2. The van der Waals surface area contributed by atoms with Gasteiger partial charge < -0.3 is 4.74 Å². The van der Waals surface area contributed by atoms with E-state index in [4.69, 9.17) is 4.74 Å². The molecule has 1 aromatic carbocycles. The molecule has 122 valence electrons. The zero-order chi connectivity index (χ0) is 16.5. The molecule has 0 spiro atoms. The number of rotatable bonds is 9. The van der Waals surface area contributed by atoms with Crippen molar-refractivity contribution in [3.63, 3.8) is 0 Å². The van der Waals surface area contributed by atoms with Crippen LogP contribution in [0.4, 0.5) is 0 Å². The number of unbranched alkanes of at least 4 members (excludes halogenated alkanes) is 3. The highest BCUT2D eigenvalue weighted by Gasteiger charge is 2.13. The van der Waals surface area contributed by atoms with Gasteiger partial charge in [0.15, 0.2) is 5.69 Å². The van der Waals surface area contributed by atoms with E-state index in [0.29, 0.717) is 12.3 Å². The molecule has 0 N–H and O–H groups in total. The van der Waals surface area contributed by atoms with E-state index in [-0.39, 0.29) is 0 Å². The van der Waals surface area contributed by atoms with E-state index in [1.54, 1.807) is 4.68 Å². The molecule has 0 aliphatic carbocycles. The largest absolute Gasteiger partial charge is 0.487 e. The maximum atomic E-state index is 9.20. The molecule has 0 aliphatic heterocycles. The Hall–Kier alpha value is -2.35. The quantitative estimate of drug-likeness (QED) is 0.659. The van der Waals surface area contributed by atoms with Crippen molar-refractivity contribution in [2.75, 3.05) is 0 Å². The van der Waals surface area contributed by atoms with Crippen molar-refractivity contribution in [2.24, 2.45) is 0 Å².